The summed E-state index contributed by atoms with van der Waals surface area (Å²) in [6.45, 7) is 16.9. The number of carbonyl (C=O) groups is 1. The Kier molecular flexibility index (Phi) is 8.50. The average Bonchev–Trinajstić information content (AvgIpc) is 3.39. The molecular formula is C34H60N4O3. The van der Waals surface area contributed by atoms with Crippen molar-refractivity contribution in [3.63, 3.8) is 0 Å². The van der Waals surface area contributed by atoms with Gasteiger partial charge in [0.1, 0.15) is 0 Å². The molecule has 7 heteroatoms. The molecule has 1 spiro atoms. The Morgan fingerprint density at radius 2 is 1.80 bits per heavy atom. The molecule has 0 aromatic rings. The molecule has 6 fully saturated rings. The number of piperazine rings is 1. The van der Waals surface area contributed by atoms with Crippen LogP contribution in [-0.4, -0.2) is 73.7 Å². The molecule has 0 radical (unpaired) electrons. The van der Waals surface area contributed by atoms with Gasteiger partial charge in [0.05, 0.1) is 12.7 Å². The molecule has 11 atom stereocenters. The monoisotopic (exact) mass is 572 g/mol. The van der Waals surface area contributed by atoms with E-state index in [0.29, 0.717) is 34.7 Å². The summed E-state index contributed by atoms with van der Waals surface area (Å²) in [6, 6.07) is 0.213. The number of hydrazine groups is 1. The fourth-order valence-electron chi connectivity index (χ4n) is 11.0. The molecule has 3 aliphatic carbocycles. The number of hydrogen-bond donors (Lipinski definition) is 2. The van der Waals surface area contributed by atoms with Crippen LogP contribution in [0.15, 0.2) is 0 Å². The largest absolute Gasteiger partial charge is 0.349 e. The molecule has 6 rings (SSSR count). The van der Waals surface area contributed by atoms with Crippen LogP contribution in [-0.2, 0) is 9.47 Å². The van der Waals surface area contributed by atoms with Gasteiger partial charge in [0.15, 0.2) is 5.79 Å². The quantitative estimate of drug-likeness (QED) is 0.406. The number of ether oxygens (including phenoxy) is 2. The minimum absolute atomic E-state index is 0.0256. The number of nitrogens with zero attached hydrogens (tertiary/aromatic N) is 2. The minimum atomic E-state index is -0.313. The lowest BCUT2D eigenvalue weighted by Gasteiger charge is -2.57. The number of rotatable bonds is 6. The maximum Gasteiger partial charge on any atom is 0.329 e. The number of likely N-dealkylation sites (N-methyl/N-ethyl adjacent to an activating group) is 1. The van der Waals surface area contributed by atoms with E-state index in [9.17, 15) is 4.79 Å². The van der Waals surface area contributed by atoms with Gasteiger partial charge in [-0.25, -0.2) is 9.80 Å². The third-order valence-corrected chi connectivity index (χ3v) is 13.5. The van der Waals surface area contributed by atoms with E-state index >= 15 is 0 Å². The van der Waals surface area contributed by atoms with Crippen molar-refractivity contribution in [1.29, 1.82) is 0 Å². The van der Waals surface area contributed by atoms with Crippen LogP contribution in [0.1, 0.15) is 105 Å². The van der Waals surface area contributed by atoms with Crippen LogP contribution in [0.5, 0.6) is 0 Å². The number of urea groups is 1. The molecule has 2 N–H and O–H groups in total. The fourth-order valence-corrected chi connectivity index (χ4v) is 11.0. The Morgan fingerprint density at radius 1 is 1.02 bits per heavy atom. The number of amides is 2. The highest BCUT2D eigenvalue weighted by Crippen LogP contribution is 2.70. The van der Waals surface area contributed by atoms with E-state index in [4.69, 9.17) is 9.47 Å². The van der Waals surface area contributed by atoms with Crippen molar-refractivity contribution < 1.29 is 14.3 Å². The van der Waals surface area contributed by atoms with Gasteiger partial charge in [-0.3, -0.25) is 5.43 Å². The first kappa shape index (κ1) is 30.1. The predicted molar refractivity (Wildman–Crippen MR) is 163 cm³/mol. The first-order chi connectivity index (χ1) is 19.6. The van der Waals surface area contributed by atoms with Gasteiger partial charge in [0.25, 0.3) is 0 Å². The third-order valence-electron chi connectivity index (χ3n) is 13.5. The van der Waals surface area contributed by atoms with Gasteiger partial charge < -0.3 is 19.7 Å². The van der Waals surface area contributed by atoms with Crippen LogP contribution in [0.2, 0.25) is 0 Å². The van der Waals surface area contributed by atoms with Crippen LogP contribution in [0, 0.1) is 46.3 Å². The van der Waals surface area contributed by atoms with E-state index in [2.05, 4.69) is 62.3 Å². The molecule has 0 unspecified atom stereocenters. The zero-order valence-corrected chi connectivity index (χ0v) is 27.1. The van der Waals surface area contributed by atoms with Gasteiger partial charge in [-0.15, -0.1) is 0 Å². The first-order valence-corrected chi connectivity index (χ1v) is 17.4. The molecule has 0 aromatic carbocycles. The predicted octanol–water partition coefficient (Wildman–Crippen LogP) is 6.04. The van der Waals surface area contributed by atoms with Gasteiger partial charge in [0.2, 0.25) is 0 Å². The Hall–Kier alpha value is -0.890. The second kappa shape index (κ2) is 11.6. The lowest BCUT2D eigenvalue weighted by molar-refractivity contribution is -0.272. The SMILES string of the molecule is CC[C@H](CC[C@@]1(C)CCC[C@@H]2[C@@H]1CC[C@]1(C)[C@@H]3[C@H](C[C@@H]21)O[C@]1(CC[C@H](C)CO1)[C@H]3C)NC(=O)NN1CCN(C)CC1. The molecule has 2 amide bonds. The van der Waals surface area contributed by atoms with Crippen molar-refractivity contribution in [2.45, 2.75) is 123 Å². The number of fused-ring (bicyclic) bond motifs is 5. The smallest absolute Gasteiger partial charge is 0.329 e. The van der Waals surface area contributed by atoms with E-state index in [-0.39, 0.29) is 17.9 Å². The highest BCUT2D eigenvalue weighted by atomic mass is 16.7. The molecule has 6 aliphatic rings. The Labute approximate surface area is 250 Å². The topological polar surface area (TPSA) is 66.1 Å². The number of carbonyl (C=O) groups excluding carboxylic acids is 1. The summed E-state index contributed by atoms with van der Waals surface area (Å²) in [5.41, 5.74) is 3.87. The molecule has 0 aromatic heterocycles. The summed E-state index contributed by atoms with van der Waals surface area (Å²) >= 11 is 0. The van der Waals surface area contributed by atoms with Crippen molar-refractivity contribution in [1.82, 2.24) is 20.7 Å². The van der Waals surface area contributed by atoms with E-state index in [1.165, 1.54) is 51.4 Å². The molecule has 3 saturated carbocycles. The van der Waals surface area contributed by atoms with Gasteiger partial charge in [0, 0.05) is 44.6 Å². The molecule has 3 aliphatic heterocycles. The molecule has 234 valence electrons. The van der Waals surface area contributed by atoms with Gasteiger partial charge in [-0.05, 0) is 105 Å². The van der Waals surface area contributed by atoms with Crippen LogP contribution in [0.25, 0.3) is 0 Å². The normalized spacial score (nSPS) is 47.4. The van der Waals surface area contributed by atoms with Crippen molar-refractivity contribution in [2.75, 3.05) is 39.8 Å². The average molecular weight is 573 g/mol. The second-order valence-electron chi connectivity index (χ2n) is 16.0. The first-order valence-electron chi connectivity index (χ1n) is 17.4. The van der Waals surface area contributed by atoms with E-state index in [1.54, 1.807) is 0 Å². The zero-order chi connectivity index (χ0) is 29.0. The second-order valence-corrected chi connectivity index (χ2v) is 16.0. The van der Waals surface area contributed by atoms with E-state index in [0.717, 1.165) is 69.8 Å². The van der Waals surface area contributed by atoms with Gasteiger partial charge in [-0.1, -0.05) is 41.0 Å². The van der Waals surface area contributed by atoms with Crippen molar-refractivity contribution in [2.24, 2.45) is 46.3 Å². The fraction of sp³-hybridized carbons (Fsp3) is 0.971. The van der Waals surface area contributed by atoms with Crippen molar-refractivity contribution in [3.05, 3.63) is 0 Å². The lowest BCUT2D eigenvalue weighted by Crippen LogP contribution is -2.56. The lowest BCUT2D eigenvalue weighted by atomic mass is 9.48. The Bertz CT molecular complexity index is 931. The van der Waals surface area contributed by atoms with Crippen molar-refractivity contribution in [3.8, 4) is 0 Å². The summed E-state index contributed by atoms with van der Waals surface area (Å²) in [5.74, 6) is 3.90. The third kappa shape index (κ3) is 5.48. The molecule has 3 saturated heterocycles. The Morgan fingerprint density at radius 3 is 2.51 bits per heavy atom. The highest BCUT2D eigenvalue weighted by molar-refractivity contribution is 5.73. The Balaban J connectivity index is 1.07. The zero-order valence-electron chi connectivity index (χ0n) is 27.1. The molecular weight excluding hydrogens is 512 g/mol. The van der Waals surface area contributed by atoms with Crippen LogP contribution in [0.3, 0.4) is 0 Å². The summed E-state index contributed by atoms with van der Waals surface area (Å²) < 4.78 is 13.5. The summed E-state index contributed by atoms with van der Waals surface area (Å²) in [4.78, 5) is 15.1. The van der Waals surface area contributed by atoms with Gasteiger partial charge >= 0.3 is 6.03 Å². The molecule has 3 heterocycles. The maximum absolute atomic E-state index is 12.8. The van der Waals surface area contributed by atoms with E-state index in [1.807, 2.05) is 0 Å². The van der Waals surface area contributed by atoms with Crippen LogP contribution >= 0.6 is 0 Å². The maximum atomic E-state index is 12.8. The van der Waals surface area contributed by atoms with Crippen LogP contribution < -0.4 is 10.7 Å². The van der Waals surface area contributed by atoms with E-state index < -0.39 is 0 Å². The summed E-state index contributed by atoms with van der Waals surface area (Å²) in [5, 5.41) is 5.39. The minimum Gasteiger partial charge on any atom is -0.349 e. The number of nitrogens with one attached hydrogen (secondary N) is 2. The van der Waals surface area contributed by atoms with Crippen molar-refractivity contribution >= 4 is 6.03 Å². The highest BCUT2D eigenvalue weighted by Gasteiger charge is 2.68. The summed E-state index contributed by atoms with van der Waals surface area (Å²) in [6.07, 6.45) is 14.0. The molecule has 41 heavy (non-hydrogen) atoms. The van der Waals surface area contributed by atoms with Gasteiger partial charge in [-0.2, -0.15) is 0 Å². The molecule has 7 nitrogen and oxygen atoms in total. The standard InChI is InChI=1S/C34H60N4O3/c1-7-25(35-31(39)36-38-19-17-37(6)18-20-38)11-14-32(4)13-8-9-26-27(32)12-15-33(5)28(26)21-29-30(33)24(3)34(41-29)16-10-23(2)22-40-34/h23-30H,7-22H2,1-6H3,(H2,35,36,39)/t23-,24-,25+,26+,27-,28-,29-,30-,32+,33-,34+/m0/s1. The summed E-state index contributed by atoms with van der Waals surface area (Å²) in [7, 11) is 2.14. The van der Waals surface area contributed by atoms with Crippen LogP contribution in [0.4, 0.5) is 4.79 Å². The molecule has 0 bridgehead atoms. The number of hydrogen-bond acceptors (Lipinski definition) is 5.